The lowest BCUT2D eigenvalue weighted by molar-refractivity contribution is -0.0942. The van der Waals surface area contributed by atoms with E-state index in [9.17, 15) is 14.7 Å². The van der Waals surface area contributed by atoms with E-state index < -0.39 is 36.2 Å². The van der Waals surface area contributed by atoms with Crippen LogP contribution < -0.4 is 20.1 Å². The molecule has 8 rings (SSSR count). The van der Waals surface area contributed by atoms with Gasteiger partial charge in [0.2, 0.25) is 0 Å². The van der Waals surface area contributed by atoms with Crippen LogP contribution in [0.5, 0.6) is 11.5 Å². The van der Waals surface area contributed by atoms with E-state index >= 15 is 0 Å². The molecule has 1 aliphatic heterocycles. The van der Waals surface area contributed by atoms with Crippen LogP contribution in [0, 0.1) is 0 Å². The summed E-state index contributed by atoms with van der Waals surface area (Å²) in [7, 11) is 3.20. The summed E-state index contributed by atoms with van der Waals surface area (Å²) in [6.07, 6.45) is -2.99. The van der Waals surface area contributed by atoms with Crippen molar-refractivity contribution >= 4 is 34.7 Å². The predicted octanol–water partition coefficient (Wildman–Crippen LogP) is 6.98. The molecule has 2 amide bonds. The van der Waals surface area contributed by atoms with Crippen molar-refractivity contribution < 1.29 is 38.4 Å². The first-order chi connectivity index (χ1) is 28.9. The van der Waals surface area contributed by atoms with Gasteiger partial charge in [-0.25, -0.2) is 19.7 Å². The Labute approximate surface area is 339 Å². The van der Waals surface area contributed by atoms with Crippen LogP contribution >= 0.6 is 0 Å². The first-order valence-electron chi connectivity index (χ1n) is 18.8. The average molecular weight is 793 g/mol. The number of imidazole rings is 1. The smallest absolute Gasteiger partial charge is 0.412 e. The molecule has 2 unspecified atom stereocenters. The highest BCUT2D eigenvalue weighted by atomic mass is 16.6. The summed E-state index contributed by atoms with van der Waals surface area (Å²) in [6.45, 7) is -0.176. The van der Waals surface area contributed by atoms with E-state index in [-0.39, 0.29) is 29.5 Å². The topological polar surface area (TPSA) is 168 Å². The standard InChI is InChI=1S/C45H40N6O8/c1-55-34-22-18-31(19-23-34)45(30-14-8-4-9-15-30,32-20-24-35(56-2)25-21-32)57-26-36-38(52)39(59-44(54)49-33-16-10-5-11-17-33)43(58-36)51-28-48-37-40(46-27-47-41(37)51)50-42(53)29-12-6-3-7-13-29/h3-25,27-28,36,38-39,43,52H,26H2,1-2H3,(H,49,54)(H,46,47,50,53)/t36-,38?,39?,43-/m1/s1. The Morgan fingerprint density at radius 3 is 1.92 bits per heavy atom. The molecule has 14 heteroatoms. The molecule has 1 saturated heterocycles. The molecule has 0 spiro atoms. The highest BCUT2D eigenvalue weighted by Crippen LogP contribution is 2.43. The van der Waals surface area contributed by atoms with Crippen molar-refractivity contribution in [2.45, 2.75) is 30.1 Å². The molecule has 298 valence electrons. The van der Waals surface area contributed by atoms with Crippen molar-refractivity contribution in [2.24, 2.45) is 0 Å². The van der Waals surface area contributed by atoms with Gasteiger partial charge >= 0.3 is 6.09 Å². The number of benzene rings is 5. The van der Waals surface area contributed by atoms with Crippen molar-refractivity contribution in [1.82, 2.24) is 19.5 Å². The number of aromatic nitrogens is 4. The van der Waals surface area contributed by atoms with E-state index in [1.54, 1.807) is 62.8 Å². The average Bonchev–Trinajstić information content (AvgIpc) is 3.85. The van der Waals surface area contributed by atoms with E-state index in [0.717, 1.165) is 16.7 Å². The third-order valence-electron chi connectivity index (χ3n) is 10.1. The molecule has 1 aliphatic rings. The number of nitrogens with zero attached hydrogens (tertiary/aromatic N) is 4. The summed E-state index contributed by atoms with van der Waals surface area (Å²) >= 11 is 0. The minimum Gasteiger partial charge on any atom is -0.497 e. The molecule has 3 N–H and O–H groups in total. The van der Waals surface area contributed by atoms with Crippen molar-refractivity contribution in [1.29, 1.82) is 0 Å². The summed E-state index contributed by atoms with van der Waals surface area (Å²) in [5, 5.41) is 17.6. The van der Waals surface area contributed by atoms with Crippen LogP contribution in [0.4, 0.5) is 16.3 Å². The first kappa shape index (κ1) is 38.7. The van der Waals surface area contributed by atoms with E-state index in [4.69, 9.17) is 23.7 Å². The second kappa shape index (κ2) is 17.2. The molecule has 0 bridgehead atoms. The highest BCUT2D eigenvalue weighted by molar-refractivity contribution is 6.06. The molecule has 3 heterocycles. The summed E-state index contributed by atoms with van der Waals surface area (Å²) < 4.78 is 32.2. The Morgan fingerprint density at radius 1 is 0.729 bits per heavy atom. The van der Waals surface area contributed by atoms with Crippen LogP contribution in [0.15, 0.2) is 152 Å². The monoisotopic (exact) mass is 792 g/mol. The fourth-order valence-corrected chi connectivity index (χ4v) is 7.18. The van der Waals surface area contributed by atoms with E-state index in [2.05, 4.69) is 25.6 Å². The minimum atomic E-state index is -1.40. The third kappa shape index (κ3) is 7.92. The maximum atomic E-state index is 13.4. The number of methoxy groups -OCH3 is 2. The molecule has 1 fully saturated rings. The lowest BCUT2D eigenvalue weighted by Crippen LogP contribution is -2.41. The quantitative estimate of drug-likeness (QED) is 0.103. The van der Waals surface area contributed by atoms with Crippen LogP contribution in [0.3, 0.4) is 0 Å². The number of carbonyl (C=O) groups excluding carboxylic acids is 2. The maximum absolute atomic E-state index is 13.4. The second-order valence-corrected chi connectivity index (χ2v) is 13.6. The van der Waals surface area contributed by atoms with Gasteiger partial charge in [-0.15, -0.1) is 0 Å². The number of hydrogen-bond donors (Lipinski definition) is 3. The molecular formula is C45H40N6O8. The molecule has 2 aromatic heterocycles. The molecule has 7 aromatic rings. The Bertz CT molecular complexity index is 2460. The van der Waals surface area contributed by atoms with Crippen molar-refractivity contribution in [2.75, 3.05) is 31.5 Å². The molecule has 14 nitrogen and oxygen atoms in total. The SMILES string of the molecule is COc1ccc(C(OC[C@H]2O[C@@H](n3cnc4c(NC(=O)c5ccccc5)ncnc43)C(OC(=O)Nc3ccccc3)C2O)(c2ccccc2)c2ccc(OC)cc2)cc1. The fourth-order valence-electron chi connectivity index (χ4n) is 7.18. The number of aliphatic hydroxyl groups is 1. The number of aliphatic hydroxyl groups excluding tert-OH is 1. The van der Waals surface area contributed by atoms with Gasteiger partial charge in [0.05, 0.1) is 27.2 Å². The molecule has 0 aliphatic carbocycles. The second-order valence-electron chi connectivity index (χ2n) is 13.6. The van der Waals surface area contributed by atoms with Crippen LogP contribution in [-0.4, -0.2) is 75.8 Å². The minimum absolute atomic E-state index is 0.159. The van der Waals surface area contributed by atoms with Gasteiger partial charge in [-0.05, 0) is 65.2 Å². The normalized spacial score (nSPS) is 17.6. The van der Waals surface area contributed by atoms with Crippen LogP contribution in [-0.2, 0) is 19.8 Å². The van der Waals surface area contributed by atoms with Gasteiger partial charge in [0, 0.05) is 11.3 Å². The summed E-state index contributed by atoms with van der Waals surface area (Å²) in [5.74, 6) is 1.10. The van der Waals surface area contributed by atoms with E-state index in [1.807, 2.05) is 91.0 Å². The molecule has 59 heavy (non-hydrogen) atoms. The lowest BCUT2D eigenvalue weighted by atomic mass is 9.80. The number of hydrogen-bond acceptors (Lipinski definition) is 11. The van der Waals surface area contributed by atoms with Crippen molar-refractivity contribution in [3.05, 3.63) is 174 Å². The van der Waals surface area contributed by atoms with E-state index in [0.29, 0.717) is 22.7 Å². The first-order valence-corrected chi connectivity index (χ1v) is 18.8. The molecule has 5 aromatic carbocycles. The van der Waals surface area contributed by atoms with E-state index in [1.165, 1.54) is 17.2 Å². The zero-order valence-corrected chi connectivity index (χ0v) is 32.0. The number of anilines is 2. The number of para-hydroxylation sites is 1. The summed E-state index contributed by atoms with van der Waals surface area (Å²) in [5.41, 5.74) is 2.55. The number of amides is 2. The Kier molecular flexibility index (Phi) is 11.3. The zero-order chi connectivity index (χ0) is 40.8. The van der Waals surface area contributed by atoms with Crippen LogP contribution in [0.1, 0.15) is 33.3 Å². The van der Waals surface area contributed by atoms with Crippen molar-refractivity contribution in [3.8, 4) is 11.5 Å². The Balaban J connectivity index is 1.16. The van der Waals surface area contributed by atoms with Gasteiger partial charge in [-0.1, -0.05) is 91.0 Å². The summed E-state index contributed by atoms with van der Waals surface area (Å²) in [6, 6.07) is 42.3. The van der Waals surface area contributed by atoms with Crippen LogP contribution in [0.2, 0.25) is 0 Å². The number of ether oxygens (including phenoxy) is 5. The highest BCUT2D eigenvalue weighted by Gasteiger charge is 2.50. The molecule has 4 atom stereocenters. The predicted molar refractivity (Wildman–Crippen MR) is 218 cm³/mol. The van der Waals surface area contributed by atoms with Gasteiger partial charge in [0.1, 0.15) is 35.6 Å². The Morgan fingerprint density at radius 2 is 1.31 bits per heavy atom. The molecule has 0 radical (unpaired) electrons. The third-order valence-corrected chi connectivity index (χ3v) is 10.1. The summed E-state index contributed by atoms with van der Waals surface area (Å²) in [4.78, 5) is 39.8. The number of fused-ring (bicyclic) bond motifs is 1. The van der Waals surface area contributed by atoms with Gasteiger partial charge in [-0.2, -0.15) is 0 Å². The largest absolute Gasteiger partial charge is 0.497 e. The van der Waals surface area contributed by atoms with Gasteiger partial charge in [0.15, 0.2) is 29.3 Å². The number of carbonyl (C=O) groups is 2. The van der Waals surface area contributed by atoms with Gasteiger partial charge in [0.25, 0.3) is 5.91 Å². The van der Waals surface area contributed by atoms with Gasteiger partial charge < -0.3 is 34.1 Å². The molecular weight excluding hydrogens is 753 g/mol. The lowest BCUT2D eigenvalue weighted by Gasteiger charge is -2.37. The number of nitrogens with one attached hydrogen (secondary N) is 2. The van der Waals surface area contributed by atoms with Crippen molar-refractivity contribution in [3.63, 3.8) is 0 Å². The maximum Gasteiger partial charge on any atom is 0.412 e. The fraction of sp³-hybridized carbons (Fsp3) is 0.178. The van der Waals surface area contributed by atoms with Crippen LogP contribution in [0.25, 0.3) is 11.2 Å². The zero-order valence-electron chi connectivity index (χ0n) is 32.0. The Hall–Kier alpha value is -7.13. The number of rotatable bonds is 13. The molecule has 0 saturated carbocycles. The van der Waals surface area contributed by atoms with Gasteiger partial charge in [-0.3, -0.25) is 14.7 Å².